The van der Waals surface area contributed by atoms with Gasteiger partial charge in [-0.2, -0.15) is 0 Å². The van der Waals surface area contributed by atoms with Gasteiger partial charge in [0.05, 0.1) is 29.3 Å². The summed E-state index contributed by atoms with van der Waals surface area (Å²) < 4.78 is 5.39. The third kappa shape index (κ3) is 6.66. The van der Waals surface area contributed by atoms with Crippen LogP contribution in [-0.2, 0) is 4.74 Å². The second-order valence-corrected chi connectivity index (χ2v) is 7.33. The van der Waals surface area contributed by atoms with Crippen molar-refractivity contribution >= 4 is 29.2 Å². The maximum Gasteiger partial charge on any atom is 0.191 e. The fraction of sp³-hybridized carbons (Fsp3) is 0.611. The molecule has 0 amide bonds. The molecule has 0 aromatic heterocycles. The average Bonchev–Trinajstić information content (AvgIpc) is 2.61. The molecule has 2 N–H and O–H groups in total. The molecule has 1 aromatic carbocycles. The third-order valence-electron chi connectivity index (χ3n) is 4.31. The molecule has 0 saturated carbocycles. The van der Waals surface area contributed by atoms with Crippen molar-refractivity contribution < 1.29 is 4.74 Å². The predicted octanol–water partition coefficient (Wildman–Crippen LogP) is 3.19. The van der Waals surface area contributed by atoms with Crippen LogP contribution in [-0.4, -0.2) is 57.3 Å². The molecule has 0 radical (unpaired) electrons. The van der Waals surface area contributed by atoms with E-state index in [0.29, 0.717) is 16.0 Å². The Morgan fingerprint density at radius 3 is 2.60 bits per heavy atom. The predicted molar refractivity (Wildman–Crippen MR) is 106 cm³/mol. The summed E-state index contributed by atoms with van der Waals surface area (Å²) in [5.74, 6) is 1.31. The molecule has 140 valence electrons. The molecule has 2 atom stereocenters. The van der Waals surface area contributed by atoms with Crippen LogP contribution >= 0.6 is 23.2 Å². The SMILES string of the molecule is CN=C(NCC(C)CN1CCOCC1)NC(C)c1ccc(Cl)c(Cl)c1. The van der Waals surface area contributed by atoms with E-state index in [1.165, 1.54) is 0 Å². The lowest BCUT2D eigenvalue weighted by molar-refractivity contribution is 0.0320. The van der Waals surface area contributed by atoms with Gasteiger partial charge in [-0.05, 0) is 30.5 Å². The van der Waals surface area contributed by atoms with Gasteiger partial charge in [-0.3, -0.25) is 9.89 Å². The minimum Gasteiger partial charge on any atom is -0.379 e. The van der Waals surface area contributed by atoms with E-state index in [0.717, 1.165) is 50.9 Å². The van der Waals surface area contributed by atoms with Gasteiger partial charge < -0.3 is 15.4 Å². The first-order chi connectivity index (χ1) is 12.0. The summed E-state index contributed by atoms with van der Waals surface area (Å²) in [6.45, 7) is 9.97. The average molecular weight is 387 g/mol. The van der Waals surface area contributed by atoms with Crippen molar-refractivity contribution in [3.63, 3.8) is 0 Å². The molecule has 2 rings (SSSR count). The standard InChI is InChI=1S/C18H28Cl2N4O/c1-13(12-24-6-8-25-9-7-24)11-22-18(21-3)23-14(2)15-4-5-16(19)17(20)10-15/h4-5,10,13-14H,6-9,11-12H2,1-3H3,(H2,21,22,23). The summed E-state index contributed by atoms with van der Waals surface area (Å²) in [5.41, 5.74) is 1.07. The summed E-state index contributed by atoms with van der Waals surface area (Å²) >= 11 is 12.1. The summed E-state index contributed by atoms with van der Waals surface area (Å²) in [4.78, 5) is 6.76. The van der Waals surface area contributed by atoms with Crippen LogP contribution in [0.1, 0.15) is 25.5 Å². The second kappa shape index (κ2) is 10.2. The number of aliphatic imine (C=N–C) groups is 1. The number of rotatable bonds is 6. The molecule has 0 aliphatic carbocycles. The normalized spacial score (nSPS) is 18.7. The largest absolute Gasteiger partial charge is 0.379 e. The highest BCUT2D eigenvalue weighted by atomic mass is 35.5. The van der Waals surface area contributed by atoms with Crippen LogP contribution in [0, 0.1) is 5.92 Å². The van der Waals surface area contributed by atoms with E-state index >= 15 is 0 Å². The Morgan fingerprint density at radius 1 is 1.24 bits per heavy atom. The maximum absolute atomic E-state index is 6.10. The number of halogens is 2. The lowest BCUT2D eigenvalue weighted by Crippen LogP contribution is -2.44. The van der Waals surface area contributed by atoms with Gasteiger partial charge in [0, 0.05) is 33.2 Å². The minimum atomic E-state index is 0.0792. The topological polar surface area (TPSA) is 48.9 Å². The van der Waals surface area contributed by atoms with Crippen molar-refractivity contribution in [2.75, 3.05) is 46.4 Å². The quantitative estimate of drug-likeness (QED) is 0.582. The monoisotopic (exact) mass is 386 g/mol. The van der Waals surface area contributed by atoms with Gasteiger partial charge in [0.1, 0.15) is 0 Å². The van der Waals surface area contributed by atoms with Crippen molar-refractivity contribution in [2.45, 2.75) is 19.9 Å². The Kier molecular flexibility index (Phi) is 8.30. The number of benzene rings is 1. The van der Waals surface area contributed by atoms with Gasteiger partial charge in [-0.25, -0.2) is 0 Å². The van der Waals surface area contributed by atoms with Gasteiger partial charge in [-0.1, -0.05) is 36.2 Å². The third-order valence-corrected chi connectivity index (χ3v) is 5.05. The molecule has 1 aliphatic heterocycles. The maximum atomic E-state index is 6.10. The molecule has 0 spiro atoms. The van der Waals surface area contributed by atoms with Crippen LogP contribution in [0.5, 0.6) is 0 Å². The Morgan fingerprint density at radius 2 is 1.96 bits per heavy atom. The van der Waals surface area contributed by atoms with Crippen LogP contribution in [0.3, 0.4) is 0 Å². The van der Waals surface area contributed by atoms with E-state index in [2.05, 4.69) is 34.4 Å². The second-order valence-electron chi connectivity index (χ2n) is 6.51. The van der Waals surface area contributed by atoms with Crippen molar-refractivity contribution in [1.29, 1.82) is 0 Å². The zero-order valence-corrected chi connectivity index (χ0v) is 16.7. The lowest BCUT2D eigenvalue weighted by Gasteiger charge is -2.29. The number of hydrogen-bond acceptors (Lipinski definition) is 3. The number of morpholine rings is 1. The summed E-state index contributed by atoms with van der Waals surface area (Å²) in [5, 5.41) is 7.93. The Hall–Kier alpha value is -1.01. The molecule has 1 aromatic rings. The Bertz CT molecular complexity index is 576. The summed E-state index contributed by atoms with van der Waals surface area (Å²) in [6.07, 6.45) is 0. The van der Waals surface area contributed by atoms with Crippen molar-refractivity contribution in [3.05, 3.63) is 33.8 Å². The number of guanidine groups is 1. The van der Waals surface area contributed by atoms with E-state index in [-0.39, 0.29) is 6.04 Å². The number of hydrogen-bond donors (Lipinski definition) is 2. The minimum absolute atomic E-state index is 0.0792. The van der Waals surface area contributed by atoms with E-state index in [9.17, 15) is 0 Å². The highest BCUT2D eigenvalue weighted by Crippen LogP contribution is 2.25. The molecule has 25 heavy (non-hydrogen) atoms. The first-order valence-electron chi connectivity index (χ1n) is 8.71. The molecule has 1 fully saturated rings. The van der Waals surface area contributed by atoms with E-state index in [1.54, 1.807) is 7.05 Å². The lowest BCUT2D eigenvalue weighted by atomic mass is 10.1. The van der Waals surface area contributed by atoms with Crippen molar-refractivity contribution in [3.8, 4) is 0 Å². The van der Waals surface area contributed by atoms with Gasteiger partial charge in [0.15, 0.2) is 5.96 Å². The molecular weight excluding hydrogens is 359 g/mol. The van der Waals surface area contributed by atoms with Gasteiger partial charge in [-0.15, -0.1) is 0 Å². The zero-order chi connectivity index (χ0) is 18.2. The van der Waals surface area contributed by atoms with Gasteiger partial charge >= 0.3 is 0 Å². The zero-order valence-electron chi connectivity index (χ0n) is 15.2. The van der Waals surface area contributed by atoms with Crippen molar-refractivity contribution in [1.82, 2.24) is 15.5 Å². The fourth-order valence-corrected chi connectivity index (χ4v) is 3.13. The van der Waals surface area contributed by atoms with Crippen LogP contribution in [0.4, 0.5) is 0 Å². The van der Waals surface area contributed by atoms with Crippen LogP contribution in [0.25, 0.3) is 0 Å². The van der Waals surface area contributed by atoms with Crippen LogP contribution < -0.4 is 10.6 Å². The molecule has 0 bridgehead atoms. The Labute approximate surface area is 160 Å². The highest BCUT2D eigenvalue weighted by Gasteiger charge is 2.15. The first-order valence-corrected chi connectivity index (χ1v) is 9.47. The fourth-order valence-electron chi connectivity index (χ4n) is 2.82. The summed E-state index contributed by atoms with van der Waals surface area (Å²) in [6, 6.07) is 5.75. The van der Waals surface area contributed by atoms with E-state index < -0.39 is 0 Å². The molecule has 7 heteroatoms. The van der Waals surface area contributed by atoms with E-state index in [1.807, 2.05) is 18.2 Å². The van der Waals surface area contributed by atoms with Crippen LogP contribution in [0.15, 0.2) is 23.2 Å². The number of ether oxygens (including phenoxy) is 1. The van der Waals surface area contributed by atoms with Crippen molar-refractivity contribution in [2.24, 2.45) is 10.9 Å². The molecule has 1 heterocycles. The smallest absolute Gasteiger partial charge is 0.191 e. The molecule has 1 saturated heterocycles. The Balaban J connectivity index is 1.80. The molecule has 2 unspecified atom stereocenters. The number of nitrogens with one attached hydrogen (secondary N) is 2. The summed E-state index contributed by atoms with van der Waals surface area (Å²) in [7, 11) is 1.78. The number of nitrogens with zero attached hydrogens (tertiary/aromatic N) is 2. The van der Waals surface area contributed by atoms with Gasteiger partial charge in [0.25, 0.3) is 0 Å². The highest BCUT2D eigenvalue weighted by molar-refractivity contribution is 6.42. The molecule has 1 aliphatic rings. The van der Waals surface area contributed by atoms with Gasteiger partial charge in [0.2, 0.25) is 0 Å². The van der Waals surface area contributed by atoms with E-state index in [4.69, 9.17) is 27.9 Å². The first kappa shape index (κ1) is 20.3. The molecular formula is C18H28Cl2N4O. The van der Waals surface area contributed by atoms with Crippen LogP contribution in [0.2, 0.25) is 10.0 Å². The molecule has 5 nitrogen and oxygen atoms in total.